The molecule has 1 saturated heterocycles. The molecule has 1 fully saturated rings. The highest BCUT2D eigenvalue weighted by Crippen LogP contribution is 2.22. The molecule has 1 aliphatic rings. The molecule has 7 heteroatoms. The molecule has 0 spiro atoms. The molecule has 2 aromatic heterocycles. The largest absolute Gasteiger partial charge is 0.338 e. The lowest BCUT2D eigenvalue weighted by molar-refractivity contribution is 0.265. The zero-order chi connectivity index (χ0) is 11.7. The van der Waals surface area contributed by atoms with Gasteiger partial charge in [0, 0.05) is 19.1 Å². The molecule has 3 rings (SSSR count). The van der Waals surface area contributed by atoms with Gasteiger partial charge in [0.15, 0.2) is 0 Å². The molecule has 1 atom stereocenters. The van der Waals surface area contributed by atoms with Gasteiger partial charge in [-0.1, -0.05) is 11.2 Å². The molecular formula is C11H15ClN4OS. The summed E-state index contributed by atoms with van der Waals surface area (Å²) in [6.07, 6.45) is 1.05. The standard InChI is InChI=1S/C11H14N4OS.ClH/c12-8-3-4-15(6-8)7-10-13-11(14-16-10)9-2-1-5-17-9;/h1-2,5,8H,3-4,6-7,12H2;1H/t8-;/m1./s1. The average Bonchev–Trinajstić information content (AvgIpc) is 3.00. The number of hydrogen-bond acceptors (Lipinski definition) is 6. The second kappa shape index (κ2) is 5.79. The van der Waals surface area contributed by atoms with Gasteiger partial charge < -0.3 is 10.3 Å². The van der Waals surface area contributed by atoms with Crippen LogP contribution in [0.4, 0.5) is 0 Å². The van der Waals surface area contributed by atoms with Crippen molar-refractivity contribution in [2.24, 2.45) is 5.73 Å². The lowest BCUT2D eigenvalue weighted by Crippen LogP contribution is -2.26. The Labute approximate surface area is 115 Å². The summed E-state index contributed by atoms with van der Waals surface area (Å²) < 4.78 is 5.25. The van der Waals surface area contributed by atoms with Gasteiger partial charge in [-0.25, -0.2) is 0 Å². The molecule has 0 bridgehead atoms. The van der Waals surface area contributed by atoms with Gasteiger partial charge in [-0.2, -0.15) is 4.98 Å². The molecule has 0 aromatic carbocycles. The van der Waals surface area contributed by atoms with Crippen LogP contribution in [0.2, 0.25) is 0 Å². The van der Waals surface area contributed by atoms with Crippen molar-refractivity contribution in [2.75, 3.05) is 13.1 Å². The first-order valence-corrected chi connectivity index (χ1v) is 6.53. The third-order valence-electron chi connectivity index (χ3n) is 2.88. The average molecular weight is 287 g/mol. The van der Waals surface area contributed by atoms with E-state index in [2.05, 4.69) is 15.0 Å². The molecule has 18 heavy (non-hydrogen) atoms. The predicted molar refractivity (Wildman–Crippen MR) is 72.7 cm³/mol. The van der Waals surface area contributed by atoms with E-state index in [4.69, 9.17) is 10.3 Å². The van der Waals surface area contributed by atoms with Gasteiger partial charge in [0.1, 0.15) is 0 Å². The minimum Gasteiger partial charge on any atom is -0.338 e. The summed E-state index contributed by atoms with van der Waals surface area (Å²) in [5, 5.41) is 5.99. The van der Waals surface area contributed by atoms with Crippen molar-refractivity contribution < 1.29 is 4.52 Å². The van der Waals surface area contributed by atoms with Crippen LogP contribution in [0.15, 0.2) is 22.0 Å². The second-order valence-electron chi connectivity index (χ2n) is 4.27. The van der Waals surface area contributed by atoms with E-state index in [9.17, 15) is 0 Å². The molecule has 5 nitrogen and oxygen atoms in total. The van der Waals surface area contributed by atoms with Crippen LogP contribution < -0.4 is 5.73 Å². The van der Waals surface area contributed by atoms with Crippen molar-refractivity contribution in [3.05, 3.63) is 23.4 Å². The van der Waals surface area contributed by atoms with Crippen LogP contribution in [0.3, 0.4) is 0 Å². The first-order valence-electron chi connectivity index (χ1n) is 5.65. The van der Waals surface area contributed by atoms with Crippen LogP contribution in [0.5, 0.6) is 0 Å². The molecule has 2 aromatic rings. The maximum atomic E-state index is 5.85. The van der Waals surface area contributed by atoms with E-state index in [0.29, 0.717) is 18.3 Å². The molecule has 0 aliphatic carbocycles. The van der Waals surface area contributed by atoms with Crippen molar-refractivity contribution in [3.8, 4) is 10.7 Å². The Morgan fingerprint density at radius 2 is 2.44 bits per heavy atom. The van der Waals surface area contributed by atoms with Crippen LogP contribution in [-0.2, 0) is 6.54 Å². The van der Waals surface area contributed by atoms with Crippen LogP contribution in [0.1, 0.15) is 12.3 Å². The molecule has 0 unspecified atom stereocenters. The molecule has 98 valence electrons. The van der Waals surface area contributed by atoms with E-state index in [1.807, 2.05) is 17.5 Å². The highest BCUT2D eigenvalue weighted by molar-refractivity contribution is 7.13. The van der Waals surface area contributed by atoms with Crippen LogP contribution >= 0.6 is 23.7 Å². The van der Waals surface area contributed by atoms with Gasteiger partial charge in [-0.05, 0) is 17.9 Å². The first kappa shape index (κ1) is 13.5. The molecule has 2 N–H and O–H groups in total. The highest BCUT2D eigenvalue weighted by atomic mass is 35.5. The highest BCUT2D eigenvalue weighted by Gasteiger charge is 2.21. The van der Waals surface area contributed by atoms with E-state index in [-0.39, 0.29) is 18.4 Å². The number of halogens is 1. The summed E-state index contributed by atoms with van der Waals surface area (Å²) in [6.45, 7) is 2.63. The maximum Gasteiger partial charge on any atom is 0.241 e. The third kappa shape index (κ3) is 2.89. The van der Waals surface area contributed by atoms with Gasteiger partial charge >= 0.3 is 0 Å². The van der Waals surface area contributed by atoms with Gasteiger partial charge in [0.2, 0.25) is 11.7 Å². The fraction of sp³-hybridized carbons (Fsp3) is 0.455. The van der Waals surface area contributed by atoms with E-state index >= 15 is 0 Å². The number of nitrogens with zero attached hydrogens (tertiary/aromatic N) is 3. The molecule has 0 saturated carbocycles. The van der Waals surface area contributed by atoms with Gasteiger partial charge in [-0.3, -0.25) is 4.90 Å². The molecule has 0 radical (unpaired) electrons. The van der Waals surface area contributed by atoms with Crippen molar-refractivity contribution in [3.63, 3.8) is 0 Å². The first-order chi connectivity index (χ1) is 8.31. The number of nitrogens with two attached hydrogens (primary N) is 1. The lowest BCUT2D eigenvalue weighted by atomic mass is 10.3. The van der Waals surface area contributed by atoms with Crippen molar-refractivity contribution in [1.29, 1.82) is 0 Å². The fourth-order valence-corrected chi connectivity index (χ4v) is 2.67. The minimum atomic E-state index is 0. The van der Waals surface area contributed by atoms with Crippen LogP contribution in [-0.4, -0.2) is 34.2 Å². The summed E-state index contributed by atoms with van der Waals surface area (Å²) in [5.74, 6) is 1.35. The lowest BCUT2D eigenvalue weighted by Gasteiger charge is -2.10. The minimum absolute atomic E-state index is 0. The molecule has 3 heterocycles. The number of rotatable bonds is 3. The van der Waals surface area contributed by atoms with Gasteiger partial charge in [-0.15, -0.1) is 23.7 Å². The number of likely N-dealkylation sites (tertiary alicyclic amines) is 1. The Morgan fingerprint density at radius 1 is 1.56 bits per heavy atom. The molecular weight excluding hydrogens is 272 g/mol. The number of thiophene rings is 1. The Hall–Kier alpha value is -0.950. The van der Waals surface area contributed by atoms with Crippen molar-refractivity contribution in [1.82, 2.24) is 15.0 Å². The monoisotopic (exact) mass is 286 g/mol. The Morgan fingerprint density at radius 3 is 3.11 bits per heavy atom. The molecule has 1 aliphatic heterocycles. The van der Waals surface area contributed by atoms with E-state index in [0.717, 1.165) is 24.4 Å². The Balaban J connectivity index is 0.00000120. The zero-order valence-electron chi connectivity index (χ0n) is 9.78. The maximum absolute atomic E-state index is 5.85. The predicted octanol–water partition coefficient (Wildman–Crippen LogP) is 1.75. The second-order valence-corrected chi connectivity index (χ2v) is 5.22. The topological polar surface area (TPSA) is 68.2 Å². The van der Waals surface area contributed by atoms with E-state index in [1.165, 1.54) is 0 Å². The summed E-state index contributed by atoms with van der Waals surface area (Å²) >= 11 is 1.61. The molecule has 0 amide bonds. The summed E-state index contributed by atoms with van der Waals surface area (Å²) in [7, 11) is 0. The number of aromatic nitrogens is 2. The SMILES string of the molecule is Cl.N[C@@H]1CCN(Cc2nc(-c3cccs3)no2)C1. The quantitative estimate of drug-likeness (QED) is 0.931. The normalized spacial score (nSPS) is 19.9. The Kier molecular flexibility index (Phi) is 4.34. The Bertz CT molecular complexity index is 487. The number of hydrogen-bond donors (Lipinski definition) is 1. The zero-order valence-corrected chi connectivity index (χ0v) is 11.4. The van der Waals surface area contributed by atoms with Crippen LogP contribution in [0, 0.1) is 0 Å². The van der Waals surface area contributed by atoms with Gasteiger partial charge in [0.05, 0.1) is 11.4 Å². The third-order valence-corrected chi connectivity index (χ3v) is 3.74. The van der Waals surface area contributed by atoms with Crippen molar-refractivity contribution in [2.45, 2.75) is 19.0 Å². The summed E-state index contributed by atoms with van der Waals surface area (Å²) in [6, 6.07) is 4.26. The summed E-state index contributed by atoms with van der Waals surface area (Å²) in [5.41, 5.74) is 5.85. The van der Waals surface area contributed by atoms with E-state index < -0.39 is 0 Å². The summed E-state index contributed by atoms with van der Waals surface area (Å²) in [4.78, 5) is 7.68. The van der Waals surface area contributed by atoms with Gasteiger partial charge in [0.25, 0.3) is 0 Å². The van der Waals surface area contributed by atoms with Crippen LogP contribution in [0.25, 0.3) is 10.7 Å². The van der Waals surface area contributed by atoms with E-state index in [1.54, 1.807) is 11.3 Å². The van der Waals surface area contributed by atoms with Crippen molar-refractivity contribution >= 4 is 23.7 Å². The fourth-order valence-electron chi connectivity index (χ4n) is 2.02. The smallest absolute Gasteiger partial charge is 0.241 e.